The normalized spacial score (nSPS) is 11.1. The molecule has 0 unspecified atom stereocenters. The second-order valence-electron chi connectivity index (χ2n) is 5.60. The molecule has 108 valence electrons. The van der Waals surface area contributed by atoms with Crippen LogP contribution >= 0.6 is 0 Å². The van der Waals surface area contributed by atoms with Gasteiger partial charge in [0.05, 0.1) is 11.9 Å². The van der Waals surface area contributed by atoms with Crippen LogP contribution in [-0.2, 0) is 6.42 Å². The molecule has 2 nitrogen and oxygen atoms in total. The van der Waals surface area contributed by atoms with Gasteiger partial charge < -0.3 is 0 Å². The minimum atomic E-state index is 1.06. The van der Waals surface area contributed by atoms with E-state index in [9.17, 15) is 0 Å². The molecule has 0 N–H and O–H groups in total. The summed E-state index contributed by atoms with van der Waals surface area (Å²) in [5.41, 5.74) is 1.16. The lowest BCUT2D eigenvalue weighted by molar-refractivity contribution is 0.573. The Morgan fingerprint density at radius 1 is 0.850 bits per heavy atom. The molecule has 0 aliphatic carbocycles. The third-order valence-electron chi connectivity index (χ3n) is 3.91. The van der Waals surface area contributed by atoms with E-state index >= 15 is 0 Å². The van der Waals surface area contributed by atoms with E-state index in [0.717, 1.165) is 12.1 Å². The molecule has 1 heterocycles. The fourth-order valence-corrected chi connectivity index (χ4v) is 2.70. The molecule has 0 saturated heterocycles. The van der Waals surface area contributed by atoms with Gasteiger partial charge in [-0.1, -0.05) is 76.1 Å². The van der Waals surface area contributed by atoms with Crippen molar-refractivity contribution >= 4 is 10.8 Å². The Hall–Kier alpha value is -1.44. The molecule has 0 bridgehead atoms. The SMILES string of the molecule is CCCCCCCCCCc1nncc2ccccc12. The first-order chi connectivity index (χ1) is 9.92. The minimum absolute atomic E-state index is 1.06. The highest BCUT2D eigenvalue weighted by Gasteiger charge is 2.02. The second kappa shape index (κ2) is 8.68. The van der Waals surface area contributed by atoms with E-state index in [2.05, 4.69) is 41.4 Å². The summed E-state index contributed by atoms with van der Waals surface area (Å²) in [4.78, 5) is 0. The first-order valence-electron chi connectivity index (χ1n) is 8.11. The molecular formula is C18H26N2. The summed E-state index contributed by atoms with van der Waals surface area (Å²) < 4.78 is 0. The van der Waals surface area contributed by atoms with Crippen molar-refractivity contribution in [2.24, 2.45) is 0 Å². The lowest BCUT2D eigenvalue weighted by Gasteiger charge is -2.04. The number of hydrogen-bond acceptors (Lipinski definition) is 2. The van der Waals surface area contributed by atoms with Crippen molar-refractivity contribution in [1.29, 1.82) is 0 Å². The van der Waals surface area contributed by atoms with E-state index in [0.29, 0.717) is 0 Å². The van der Waals surface area contributed by atoms with Crippen molar-refractivity contribution in [3.05, 3.63) is 36.2 Å². The molecule has 0 atom stereocenters. The Morgan fingerprint density at radius 3 is 2.35 bits per heavy atom. The van der Waals surface area contributed by atoms with Gasteiger partial charge in [-0.15, -0.1) is 0 Å². The summed E-state index contributed by atoms with van der Waals surface area (Å²) in [6.07, 6.45) is 13.8. The predicted octanol–water partition coefficient (Wildman–Crippen LogP) is 5.31. The number of aryl methyl sites for hydroxylation is 1. The van der Waals surface area contributed by atoms with Gasteiger partial charge in [-0.05, 0) is 12.8 Å². The van der Waals surface area contributed by atoms with E-state index in [1.807, 2.05) is 6.20 Å². The molecule has 2 heteroatoms. The Bertz CT molecular complexity index is 502. The Morgan fingerprint density at radius 2 is 1.55 bits per heavy atom. The first kappa shape index (κ1) is 15.0. The van der Waals surface area contributed by atoms with Crippen molar-refractivity contribution in [1.82, 2.24) is 10.2 Å². The zero-order chi connectivity index (χ0) is 14.0. The number of unbranched alkanes of at least 4 members (excludes halogenated alkanes) is 7. The van der Waals surface area contributed by atoms with Crippen molar-refractivity contribution < 1.29 is 0 Å². The van der Waals surface area contributed by atoms with Gasteiger partial charge in [-0.25, -0.2) is 0 Å². The number of benzene rings is 1. The summed E-state index contributed by atoms with van der Waals surface area (Å²) in [6.45, 7) is 2.27. The maximum atomic E-state index is 4.32. The molecule has 0 saturated carbocycles. The largest absolute Gasteiger partial charge is 0.158 e. The van der Waals surface area contributed by atoms with E-state index in [1.54, 1.807) is 0 Å². The van der Waals surface area contributed by atoms with E-state index in [1.165, 1.54) is 62.1 Å². The molecule has 0 spiro atoms. The molecular weight excluding hydrogens is 244 g/mol. The first-order valence-corrected chi connectivity index (χ1v) is 8.11. The molecule has 0 amide bonds. The highest BCUT2D eigenvalue weighted by Crippen LogP contribution is 2.17. The summed E-state index contributed by atoms with van der Waals surface area (Å²) in [7, 11) is 0. The lowest BCUT2D eigenvalue weighted by Crippen LogP contribution is -1.95. The zero-order valence-corrected chi connectivity index (χ0v) is 12.6. The highest BCUT2D eigenvalue weighted by molar-refractivity contribution is 5.83. The molecule has 20 heavy (non-hydrogen) atoms. The van der Waals surface area contributed by atoms with Gasteiger partial charge in [0.2, 0.25) is 0 Å². The van der Waals surface area contributed by atoms with Crippen molar-refractivity contribution in [2.45, 2.75) is 64.7 Å². The van der Waals surface area contributed by atoms with Gasteiger partial charge in [-0.2, -0.15) is 10.2 Å². The number of fused-ring (bicyclic) bond motifs is 1. The van der Waals surface area contributed by atoms with Crippen molar-refractivity contribution in [3.63, 3.8) is 0 Å². The van der Waals surface area contributed by atoms with Gasteiger partial charge in [-0.3, -0.25) is 0 Å². The van der Waals surface area contributed by atoms with Crippen LogP contribution in [0.15, 0.2) is 30.5 Å². The monoisotopic (exact) mass is 270 g/mol. The Balaban J connectivity index is 1.71. The van der Waals surface area contributed by atoms with Crippen LogP contribution in [0.1, 0.15) is 64.0 Å². The molecule has 0 radical (unpaired) electrons. The van der Waals surface area contributed by atoms with Crippen LogP contribution in [0, 0.1) is 0 Å². The highest BCUT2D eigenvalue weighted by atomic mass is 15.1. The van der Waals surface area contributed by atoms with Crippen LogP contribution < -0.4 is 0 Å². The van der Waals surface area contributed by atoms with Crippen LogP contribution in [-0.4, -0.2) is 10.2 Å². The van der Waals surface area contributed by atoms with Gasteiger partial charge >= 0.3 is 0 Å². The van der Waals surface area contributed by atoms with Crippen LogP contribution in [0.3, 0.4) is 0 Å². The Kier molecular flexibility index (Phi) is 6.49. The van der Waals surface area contributed by atoms with Gasteiger partial charge in [0.25, 0.3) is 0 Å². The summed E-state index contributed by atoms with van der Waals surface area (Å²) in [5.74, 6) is 0. The van der Waals surface area contributed by atoms with Crippen LogP contribution in [0.5, 0.6) is 0 Å². The minimum Gasteiger partial charge on any atom is -0.158 e. The molecule has 1 aromatic carbocycles. The summed E-state index contributed by atoms with van der Waals surface area (Å²) in [6, 6.07) is 8.41. The topological polar surface area (TPSA) is 25.8 Å². The summed E-state index contributed by atoms with van der Waals surface area (Å²) >= 11 is 0. The number of aromatic nitrogens is 2. The molecule has 0 aliphatic heterocycles. The predicted molar refractivity (Wildman–Crippen MR) is 85.9 cm³/mol. The fraction of sp³-hybridized carbons (Fsp3) is 0.556. The molecule has 2 aromatic rings. The number of rotatable bonds is 9. The maximum absolute atomic E-state index is 4.32. The van der Waals surface area contributed by atoms with Gasteiger partial charge in [0.15, 0.2) is 0 Å². The standard InChI is InChI=1S/C18H26N2/c1-2-3-4-5-6-7-8-9-14-18-17-13-11-10-12-16(17)15-19-20-18/h10-13,15H,2-9,14H2,1H3. The Labute approximate surface area is 122 Å². The third kappa shape index (κ3) is 4.59. The number of nitrogens with zero attached hydrogens (tertiary/aromatic N) is 2. The van der Waals surface area contributed by atoms with Crippen LogP contribution in [0.2, 0.25) is 0 Å². The van der Waals surface area contributed by atoms with E-state index in [4.69, 9.17) is 0 Å². The third-order valence-corrected chi connectivity index (χ3v) is 3.91. The van der Waals surface area contributed by atoms with Crippen molar-refractivity contribution in [2.75, 3.05) is 0 Å². The quantitative estimate of drug-likeness (QED) is 0.577. The maximum Gasteiger partial charge on any atom is 0.0709 e. The van der Waals surface area contributed by atoms with E-state index in [-0.39, 0.29) is 0 Å². The summed E-state index contributed by atoms with van der Waals surface area (Å²) in [5, 5.41) is 10.9. The van der Waals surface area contributed by atoms with E-state index < -0.39 is 0 Å². The molecule has 1 aromatic heterocycles. The van der Waals surface area contributed by atoms with Crippen LogP contribution in [0.4, 0.5) is 0 Å². The number of hydrogen-bond donors (Lipinski definition) is 0. The van der Waals surface area contributed by atoms with Gasteiger partial charge in [0.1, 0.15) is 0 Å². The molecule has 0 fully saturated rings. The molecule has 2 rings (SSSR count). The van der Waals surface area contributed by atoms with Crippen molar-refractivity contribution in [3.8, 4) is 0 Å². The van der Waals surface area contributed by atoms with Gasteiger partial charge in [0, 0.05) is 10.8 Å². The average molecular weight is 270 g/mol. The second-order valence-corrected chi connectivity index (χ2v) is 5.60. The fourth-order valence-electron chi connectivity index (χ4n) is 2.70. The van der Waals surface area contributed by atoms with Crippen LogP contribution in [0.25, 0.3) is 10.8 Å². The average Bonchev–Trinajstić information content (AvgIpc) is 2.50. The molecule has 0 aliphatic rings. The zero-order valence-electron chi connectivity index (χ0n) is 12.6. The smallest absolute Gasteiger partial charge is 0.0709 e. The lowest BCUT2D eigenvalue weighted by atomic mass is 10.0.